The molecule has 1 heterocycles. The summed E-state index contributed by atoms with van der Waals surface area (Å²) in [6.07, 6.45) is 0. The molecule has 1 aromatic heterocycles. The van der Waals surface area contributed by atoms with E-state index >= 15 is 0 Å². The van der Waals surface area contributed by atoms with E-state index < -0.39 is 5.91 Å². The Kier molecular flexibility index (Phi) is 6.28. The second-order valence-corrected chi connectivity index (χ2v) is 7.90. The van der Waals surface area contributed by atoms with Crippen molar-refractivity contribution in [2.24, 2.45) is 0 Å². The summed E-state index contributed by atoms with van der Waals surface area (Å²) in [5.74, 6) is 0.899. The van der Waals surface area contributed by atoms with E-state index in [1.165, 1.54) is 0 Å². The third-order valence-corrected chi connectivity index (χ3v) is 5.49. The van der Waals surface area contributed by atoms with Gasteiger partial charge in [-0.3, -0.25) is 10.1 Å². The minimum absolute atomic E-state index is 0.112. The van der Waals surface area contributed by atoms with Gasteiger partial charge in [-0.05, 0) is 49.1 Å². The highest BCUT2D eigenvalue weighted by atomic mass is 16.5. The monoisotopic (exact) mass is 436 g/mol. The van der Waals surface area contributed by atoms with Crippen LogP contribution in [0.1, 0.15) is 22.3 Å². The molecule has 0 unspecified atom stereocenters. The van der Waals surface area contributed by atoms with Crippen LogP contribution in [0.2, 0.25) is 0 Å². The summed E-state index contributed by atoms with van der Waals surface area (Å²) in [7, 11) is 0. The number of anilines is 1. The first-order valence-electron chi connectivity index (χ1n) is 10.7. The Bertz CT molecular complexity index is 1330. The average Bonchev–Trinajstić information content (AvgIpc) is 3.19. The van der Waals surface area contributed by atoms with E-state index in [2.05, 4.69) is 17.5 Å². The molecule has 33 heavy (non-hydrogen) atoms. The molecule has 0 aliphatic carbocycles. The number of carbonyl (C=O) groups excluding carboxylic acids is 1. The van der Waals surface area contributed by atoms with E-state index in [0.29, 0.717) is 17.1 Å². The number of carbonyl (C=O) groups is 1. The summed E-state index contributed by atoms with van der Waals surface area (Å²) >= 11 is 0. The maximum absolute atomic E-state index is 12.7. The van der Waals surface area contributed by atoms with Gasteiger partial charge in [0.1, 0.15) is 23.1 Å². The number of ether oxygens (including phenoxy) is 1. The fourth-order valence-corrected chi connectivity index (χ4v) is 3.76. The molecule has 0 fully saturated rings. The highest BCUT2D eigenvalue weighted by molar-refractivity contribution is 5.96. The minimum atomic E-state index is -0.405. The molecule has 5 nitrogen and oxygen atoms in total. The highest BCUT2D eigenvalue weighted by Crippen LogP contribution is 2.41. The quantitative estimate of drug-likeness (QED) is 0.378. The Hall–Kier alpha value is -4.30. The van der Waals surface area contributed by atoms with Crippen molar-refractivity contribution in [3.8, 4) is 34.3 Å². The number of furan rings is 1. The Morgan fingerprint density at radius 1 is 0.970 bits per heavy atom. The van der Waals surface area contributed by atoms with E-state index in [1.807, 2.05) is 87.5 Å². The zero-order valence-corrected chi connectivity index (χ0v) is 18.8. The van der Waals surface area contributed by atoms with Crippen molar-refractivity contribution in [2.75, 3.05) is 11.9 Å². The third kappa shape index (κ3) is 4.65. The lowest BCUT2D eigenvalue weighted by Gasteiger charge is -2.12. The summed E-state index contributed by atoms with van der Waals surface area (Å²) in [5, 5.41) is 12.7. The Morgan fingerprint density at radius 3 is 2.24 bits per heavy atom. The van der Waals surface area contributed by atoms with Crippen LogP contribution in [-0.2, 0) is 4.79 Å². The van der Waals surface area contributed by atoms with Gasteiger partial charge in [-0.15, -0.1) is 0 Å². The normalized spacial score (nSPS) is 10.5. The Morgan fingerprint density at radius 2 is 1.61 bits per heavy atom. The molecule has 1 amide bonds. The molecular weight excluding hydrogens is 412 g/mol. The largest absolute Gasteiger partial charge is 0.483 e. The highest BCUT2D eigenvalue weighted by Gasteiger charge is 2.24. The van der Waals surface area contributed by atoms with Gasteiger partial charge in [-0.2, -0.15) is 5.26 Å². The first-order valence-corrected chi connectivity index (χ1v) is 10.7. The summed E-state index contributed by atoms with van der Waals surface area (Å²) in [4.78, 5) is 12.7. The molecule has 4 rings (SSSR count). The van der Waals surface area contributed by atoms with Crippen LogP contribution in [0.4, 0.5) is 5.88 Å². The van der Waals surface area contributed by atoms with Crippen molar-refractivity contribution in [1.82, 2.24) is 0 Å². The van der Waals surface area contributed by atoms with Crippen molar-refractivity contribution in [2.45, 2.75) is 20.8 Å². The number of nitrogens with zero attached hydrogens (tertiary/aromatic N) is 1. The molecule has 0 atom stereocenters. The number of benzene rings is 3. The maximum atomic E-state index is 12.7. The molecule has 0 aliphatic rings. The van der Waals surface area contributed by atoms with Crippen molar-refractivity contribution in [3.05, 3.63) is 95.1 Å². The molecule has 3 aromatic carbocycles. The smallest absolute Gasteiger partial charge is 0.264 e. The average molecular weight is 437 g/mol. The second-order valence-electron chi connectivity index (χ2n) is 7.90. The number of aryl methyl sites for hydroxylation is 2. The lowest BCUT2D eigenvalue weighted by Crippen LogP contribution is -2.20. The van der Waals surface area contributed by atoms with Gasteiger partial charge < -0.3 is 9.15 Å². The van der Waals surface area contributed by atoms with Gasteiger partial charge in [-0.1, -0.05) is 66.7 Å². The van der Waals surface area contributed by atoms with Gasteiger partial charge in [0.2, 0.25) is 5.88 Å². The molecule has 5 heteroatoms. The summed E-state index contributed by atoms with van der Waals surface area (Å²) in [6, 6.07) is 25.2. The molecule has 0 aliphatic heterocycles. The molecule has 0 bridgehead atoms. The van der Waals surface area contributed by atoms with E-state index in [0.717, 1.165) is 27.8 Å². The van der Waals surface area contributed by atoms with E-state index in [-0.39, 0.29) is 18.1 Å². The predicted molar refractivity (Wildman–Crippen MR) is 129 cm³/mol. The van der Waals surface area contributed by atoms with E-state index in [9.17, 15) is 10.1 Å². The van der Waals surface area contributed by atoms with Crippen molar-refractivity contribution >= 4 is 11.8 Å². The van der Waals surface area contributed by atoms with Crippen LogP contribution in [-0.4, -0.2) is 12.5 Å². The molecule has 164 valence electrons. The number of rotatable bonds is 6. The van der Waals surface area contributed by atoms with Gasteiger partial charge in [-0.25, -0.2) is 0 Å². The van der Waals surface area contributed by atoms with E-state index in [1.54, 1.807) is 0 Å². The molecule has 0 radical (unpaired) electrons. The molecule has 4 aromatic rings. The Balaban J connectivity index is 1.65. The lowest BCUT2D eigenvalue weighted by atomic mass is 9.98. The SMILES string of the molecule is Cc1cc(C)c(C)c(OCC(=O)Nc2oc(-c3ccccc3)c(-c3ccccc3)c2C#N)c1. The topological polar surface area (TPSA) is 75.3 Å². The van der Waals surface area contributed by atoms with Gasteiger partial charge >= 0.3 is 0 Å². The summed E-state index contributed by atoms with van der Waals surface area (Å²) < 4.78 is 11.8. The Labute approximate surface area is 193 Å². The van der Waals surface area contributed by atoms with Crippen LogP contribution in [0, 0.1) is 32.1 Å². The van der Waals surface area contributed by atoms with Crippen molar-refractivity contribution in [1.29, 1.82) is 5.26 Å². The van der Waals surface area contributed by atoms with Crippen molar-refractivity contribution in [3.63, 3.8) is 0 Å². The van der Waals surface area contributed by atoms with Crippen molar-refractivity contribution < 1.29 is 13.9 Å². The second kappa shape index (κ2) is 9.46. The molecule has 0 saturated carbocycles. The van der Waals surface area contributed by atoms with Crippen LogP contribution >= 0.6 is 0 Å². The third-order valence-electron chi connectivity index (χ3n) is 5.49. The zero-order chi connectivity index (χ0) is 23.4. The molecule has 0 spiro atoms. The number of nitrogens with one attached hydrogen (secondary N) is 1. The first kappa shape index (κ1) is 21.9. The number of amides is 1. The maximum Gasteiger partial charge on any atom is 0.264 e. The fourth-order valence-electron chi connectivity index (χ4n) is 3.76. The van der Waals surface area contributed by atoms with Gasteiger partial charge in [0.15, 0.2) is 6.61 Å². The van der Waals surface area contributed by atoms with E-state index in [4.69, 9.17) is 9.15 Å². The van der Waals surface area contributed by atoms with Crippen LogP contribution < -0.4 is 10.1 Å². The molecule has 0 saturated heterocycles. The summed E-state index contributed by atoms with van der Waals surface area (Å²) in [6.45, 7) is 5.75. The zero-order valence-electron chi connectivity index (χ0n) is 18.8. The first-order chi connectivity index (χ1) is 16.0. The van der Waals surface area contributed by atoms with Crippen LogP contribution in [0.25, 0.3) is 22.5 Å². The van der Waals surface area contributed by atoms with Crippen LogP contribution in [0.5, 0.6) is 5.75 Å². The van der Waals surface area contributed by atoms with Gasteiger partial charge in [0.25, 0.3) is 5.91 Å². The molecular formula is C28H24N2O3. The standard InChI is InChI=1S/C28H24N2O3/c1-18-14-19(2)20(3)24(15-18)32-17-25(31)30-28-23(16-29)26(21-10-6-4-7-11-21)27(33-28)22-12-8-5-9-13-22/h4-15H,17H2,1-3H3,(H,30,31). The minimum Gasteiger partial charge on any atom is -0.483 e. The molecule has 1 N–H and O–H groups in total. The number of hydrogen-bond acceptors (Lipinski definition) is 4. The van der Waals surface area contributed by atoms with Gasteiger partial charge in [0, 0.05) is 11.1 Å². The fraction of sp³-hybridized carbons (Fsp3) is 0.143. The van der Waals surface area contributed by atoms with Gasteiger partial charge in [0.05, 0.1) is 0 Å². The van der Waals surface area contributed by atoms with Crippen LogP contribution in [0.3, 0.4) is 0 Å². The number of nitriles is 1. The predicted octanol–water partition coefficient (Wildman–Crippen LogP) is 6.43. The lowest BCUT2D eigenvalue weighted by molar-refractivity contribution is -0.118. The van der Waals surface area contributed by atoms with Crippen LogP contribution in [0.15, 0.2) is 77.2 Å². The number of hydrogen-bond donors (Lipinski definition) is 1. The summed E-state index contributed by atoms with van der Waals surface area (Å²) in [5.41, 5.74) is 5.72.